The third kappa shape index (κ3) is 3.53. The first kappa shape index (κ1) is 17.5. The van der Waals surface area contributed by atoms with E-state index in [2.05, 4.69) is 15.5 Å². The van der Waals surface area contributed by atoms with Gasteiger partial charge in [-0.1, -0.05) is 0 Å². The summed E-state index contributed by atoms with van der Waals surface area (Å²) in [5.74, 6) is 0.103. The van der Waals surface area contributed by atoms with Crippen molar-refractivity contribution in [2.24, 2.45) is 0 Å². The maximum atomic E-state index is 12.8. The molecule has 134 valence electrons. The number of phenols is 1. The van der Waals surface area contributed by atoms with Crippen molar-refractivity contribution in [2.75, 3.05) is 11.9 Å². The lowest BCUT2D eigenvalue weighted by molar-refractivity contribution is -0.137. The average Bonchev–Trinajstić information content (AvgIpc) is 3.01. The molecule has 1 heterocycles. The molecule has 0 aliphatic heterocycles. The predicted molar refractivity (Wildman–Crippen MR) is 86.3 cm³/mol. The zero-order valence-electron chi connectivity index (χ0n) is 13.6. The molecule has 0 amide bonds. The average molecular weight is 353 g/mol. The summed E-state index contributed by atoms with van der Waals surface area (Å²) in [6, 6.07) is 2.86. The Bertz CT molecular complexity index is 791. The van der Waals surface area contributed by atoms with Crippen molar-refractivity contribution in [2.45, 2.75) is 38.5 Å². The minimum atomic E-state index is -4.52. The van der Waals surface area contributed by atoms with Crippen molar-refractivity contribution in [1.29, 1.82) is 0 Å². The van der Waals surface area contributed by atoms with Crippen molar-refractivity contribution in [3.8, 4) is 17.0 Å². The second kappa shape index (κ2) is 6.51. The number of aliphatic hydroxyl groups is 1. The van der Waals surface area contributed by atoms with E-state index >= 15 is 0 Å². The Hall–Kier alpha value is -2.35. The molecule has 1 aliphatic carbocycles. The summed E-state index contributed by atoms with van der Waals surface area (Å²) < 4.78 is 38.3. The number of nitrogens with zero attached hydrogens (tertiary/aromatic N) is 2. The minimum absolute atomic E-state index is 0.237. The fraction of sp³-hybridized carbons (Fsp3) is 0.412. The summed E-state index contributed by atoms with van der Waals surface area (Å²) in [6.07, 6.45) is -2.71. The lowest BCUT2D eigenvalue weighted by Crippen LogP contribution is -2.17. The topological polar surface area (TPSA) is 78.3 Å². The van der Waals surface area contributed by atoms with Crippen LogP contribution in [0.1, 0.15) is 30.0 Å². The van der Waals surface area contributed by atoms with Gasteiger partial charge in [0.15, 0.2) is 5.82 Å². The van der Waals surface area contributed by atoms with E-state index in [9.17, 15) is 23.4 Å². The minimum Gasteiger partial charge on any atom is -0.507 e. The number of aliphatic hydroxyl groups excluding tert-OH is 1. The van der Waals surface area contributed by atoms with Crippen LogP contribution in [-0.4, -0.2) is 33.1 Å². The number of hydrogen-bond acceptors (Lipinski definition) is 5. The molecule has 1 aromatic heterocycles. The number of alkyl halides is 3. The molecule has 1 atom stereocenters. The summed E-state index contributed by atoms with van der Waals surface area (Å²) in [4.78, 5) is 0. The van der Waals surface area contributed by atoms with Gasteiger partial charge in [-0.2, -0.15) is 13.2 Å². The molecule has 0 fully saturated rings. The maximum absolute atomic E-state index is 12.8. The Morgan fingerprint density at radius 3 is 2.56 bits per heavy atom. The van der Waals surface area contributed by atoms with Crippen LogP contribution < -0.4 is 5.32 Å². The molecular weight excluding hydrogens is 335 g/mol. The third-order valence-corrected chi connectivity index (χ3v) is 4.18. The predicted octanol–water partition coefficient (Wildman–Crippen LogP) is 3.15. The summed E-state index contributed by atoms with van der Waals surface area (Å²) in [5, 5.41) is 30.7. The van der Waals surface area contributed by atoms with E-state index in [-0.39, 0.29) is 5.56 Å². The number of fused-ring (bicyclic) bond motifs is 1. The largest absolute Gasteiger partial charge is 0.507 e. The normalized spacial score (nSPS) is 15.1. The molecular formula is C17H18F3N3O2. The van der Waals surface area contributed by atoms with Gasteiger partial charge >= 0.3 is 6.18 Å². The first-order valence-electron chi connectivity index (χ1n) is 7.98. The zero-order valence-corrected chi connectivity index (χ0v) is 13.6. The molecule has 0 saturated carbocycles. The van der Waals surface area contributed by atoms with Crippen LogP contribution in [0.3, 0.4) is 0 Å². The van der Waals surface area contributed by atoms with Gasteiger partial charge in [-0.05, 0) is 49.9 Å². The van der Waals surface area contributed by atoms with Gasteiger partial charge in [0.05, 0.1) is 11.7 Å². The van der Waals surface area contributed by atoms with Crippen LogP contribution in [0.2, 0.25) is 0 Å². The molecule has 0 spiro atoms. The van der Waals surface area contributed by atoms with E-state index in [0.717, 1.165) is 30.0 Å². The highest BCUT2D eigenvalue weighted by molar-refractivity contribution is 5.73. The van der Waals surface area contributed by atoms with Gasteiger partial charge in [0.2, 0.25) is 0 Å². The SMILES string of the molecule is C[C@@H](O)CNc1nnc(-c2ccc(C(F)(F)F)cc2O)c2c1CCC2. The van der Waals surface area contributed by atoms with Gasteiger partial charge in [0.1, 0.15) is 11.4 Å². The monoisotopic (exact) mass is 353 g/mol. The molecule has 2 aromatic rings. The first-order chi connectivity index (χ1) is 11.8. The van der Waals surface area contributed by atoms with Crippen LogP contribution in [0.15, 0.2) is 18.2 Å². The smallest absolute Gasteiger partial charge is 0.416 e. The Balaban J connectivity index is 2.00. The van der Waals surface area contributed by atoms with Crippen LogP contribution in [0.25, 0.3) is 11.3 Å². The Kier molecular flexibility index (Phi) is 4.55. The van der Waals surface area contributed by atoms with Gasteiger partial charge in [-0.25, -0.2) is 0 Å². The molecule has 1 aromatic carbocycles. The molecule has 3 rings (SSSR count). The molecule has 5 nitrogen and oxygen atoms in total. The van der Waals surface area contributed by atoms with Gasteiger partial charge < -0.3 is 15.5 Å². The summed E-state index contributed by atoms with van der Waals surface area (Å²) in [5.41, 5.74) is 1.54. The van der Waals surface area contributed by atoms with E-state index in [1.165, 1.54) is 6.07 Å². The van der Waals surface area contributed by atoms with Gasteiger partial charge in [0, 0.05) is 17.7 Å². The zero-order chi connectivity index (χ0) is 18.2. The summed E-state index contributed by atoms with van der Waals surface area (Å²) in [6.45, 7) is 1.97. The fourth-order valence-corrected chi connectivity index (χ4v) is 3.00. The molecule has 0 unspecified atom stereocenters. The van der Waals surface area contributed by atoms with Gasteiger partial charge in [0.25, 0.3) is 0 Å². The second-order valence-corrected chi connectivity index (χ2v) is 6.17. The Morgan fingerprint density at radius 2 is 1.92 bits per heavy atom. The van der Waals surface area contributed by atoms with E-state index in [1.807, 2.05) is 0 Å². The van der Waals surface area contributed by atoms with Crippen molar-refractivity contribution < 1.29 is 23.4 Å². The van der Waals surface area contributed by atoms with Crippen LogP contribution >= 0.6 is 0 Å². The number of phenolic OH excluding ortho intramolecular Hbond substituents is 1. The number of benzene rings is 1. The number of anilines is 1. The molecule has 8 heteroatoms. The van der Waals surface area contributed by atoms with Gasteiger partial charge in [-0.15, -0.1) is 10.2 Å². The van der Waals surface area contributed by atoms with Crippen LogP contribution in [0.5, 0.6) is 5.75 Å². The molecule has 1 aliphatic rings. The maximum Gasteiger partial charge on any atom is 0.416 e. The van der Waals surface area contributed by atoms with Crippen molar-refractivity contribution in [3.63, 3.8) is 0 Å². The quantitative estimate of drug-likeness (QED) is 0.787. The van der Waals surface area contributed by atoms with E-state index < -0.39 is 23.6 Å². The lowest BCUT2D eigenvalue weighted by atomic mass is 10.0. The highest BCUT2D eigenvalue weighted by atomic mass is 19.4. The number of nitrogens with one attached hydrogen (secondary N) is 1. The number of halogens is 3. The standard InChI is InChI=1S/C17H18F3N3O2/c1-9(24)8-21-16-12-4-2-3-11(12)15(22-23-16)13-6-5-10(7-14(13)25)17(18,19)20/h5-7,9,24-25H,2-4,8H2,1H3,(H,21,23)/t9-/m1/s1. The first-order valence-corrected chi connectivity index (χ1v) is 7.98. The van der Waals surface area contributed by atoms with E-state index in [1.54, 1.807) is 6.92 Å². The molecule has 0 bridgehead atoms. The van der Waals surface area contributed by atoms with Crippen molar-refractivity contribution in [1.82, 2.24) is 10.2 Å². The van der Waals surface area contributed by atoms with Crippen LogP contribution in [0, 0.1) is 0 Å². The summed E-state index contributed by atoms with van der Waals surface area (Å²) in [7, 11) is 0. The van der Waals surface area contributed by atoms with E-state index in [4.69, 9.17) is 0 Å². The summed E-state index contributed by atoms with van der Waals surface area (Å²) >= 11 is 0. The number of rotatable bonds is 4. The van der Waals surface area contributed by atoms with Crippen LogP contribution in [0.4, 0.5) is 19.0 Å². The molecule has 3 N–H and O–H groups in total. The Morgan fingerprint density at radius 1 is 1.20 bits per heavy atom. The van der Waals surface area contributed by atoms with Crippen molar-refractivity contribution >= 4 is 5.82 Å². The van der Waals surface area contributed by atoms with Crippen molar-refractivity contribution in [3.05, 3.63) is 34.9 Å². The highest BCUT2D eigenvalue weighted by Gasteiger charge is 2.32. The van der Waals surface area contributed by atoms with Gasteiger partial charge in [-0.3, -0.25) is 0 Å². The highest BCUT2D eigenvalue weighted by Crippen LogP contribution is 2.40. The van der Waals surface area contributed by atoms with Crippen LogP contribution in [-0.2, 0) is 19.0 Å². The van der Waals surface area contributed by atoms with E-state index in [0.29, 0.717) is 30.5 Å². The Labute approximate surface area is 142 Å². The fourth-order valence-electron chi connectivity index (χ4n) is 3.00. The number of aromatic hydroxyl groups is 1. The second-order valence-electron chi connectivity index (χ2n) is 6.17. The molecule has 0 saturated heterocycles. The number of hydrogen-bond donors (Lipinski definition) is 3. The lowest BCUT2D eigenvalue weighted by Gasteiger charge is -2.15. The third-order valence-electron chi connectivity index (χ3n) is 4.18. The molecule has 0 radical (unpaired) electrons. The number of aromatic nitrogens is 2. The molecule has 25 heavy (non-hydrogen) atoms.